The first-order valence-electron chi connectivity index (χ1n) is 9.55. The molecule has 27 heavy (non-hydrogen) atoms. The Balaban J connectivity index is 1.47. The number of fused-ring (bicyclic) bond motifs is 2. The number of aromatic nitrogens is 2. The summed E-state index contributed by atoms with van der Waals surface area (Å²) >= 11 is 0. The smallest absolute Gasteiger partial charge is 0.143 e. The monoisotopic (exact) mass is 362 g/mol. The van der Waals surface area contributed by atoms with Crippen LogP contribution in [0, 0.1) is 6.92 Å². The number of para-hydroxylation sites is 4. The van der Waals surface area contributed by atoms with Crippen molar-refractivity contribution in [2.45, 2.75) is 26.5 Å². The predicted molar refractivity (Wildman–Crippen MR) is 109 cm³/mol. The van der Waals surface area contributed by atoms with Gasteiger partial charge < -0.3 is 9.64 Å². The van der Waals surface area contributed by atoms with Crippen LogP contribution in [0.1, 0.15) is 18.3 Å². The van der Waals surface area contributed by atoms with Crippen LogP contribution in [0.15, 0.2) is 48.5 Å². The van der Waals surface area contributed by atoms with E-state index < -0.39 is 0 Å². The molecule has 5 heteroatoms. The van der Waals surface area contributed by atoms with Gasteiger partial charge in [0.2, 0.25) is 0 Å². The third-order valence-electron chi connectivity index (χ3n) is 5.08. The molecule has 3 aromatic rings. The van der Waals surface area contributed by atoms with Crippen molar-refractivity contribution in [1.82, 2.24) is 14.9 Å². The maximum absolute atomic E-state index is 6.25. The first-order chi connectivity index (χ1) is 13.1. The molecule has 0 spiro atoms. The summed E-state index contributed by atoms with van der Waals surface area (Å²) in [5.74, 6) is 0.977. The van der Waals surface area contributed by atoms with E-state index in [1.807, 2.05) is 37.3 Å². The Morgan fingerprint density at radius 3 is 2.56 bits per heavy atom. The Morgan fingerprint density at radius 2 is 1.78 bits per heavy atom. The molecule has 140 valence electrons. The molecule has 1 atom stereocenters. The molecule has 0 saturated carbocycles. The van der Waals surface area contributed by atoms with Gasteiger partial charge >= 0.3 is 0 Å². The van der Waals surface area contributed by atoms with Crippen molar-refractivity contribution in [3.63, 3.8) is 0 Å². The SMILES string of the molecule is CCN1C[C@H](CN(C)Cc2nc3ccccc3nc2C)Oc2ccccc21. The van der Waals surface area contributed by atoms with Crippen molar-refractivity contribution in [3.05, 3.63) is 59.9 Å². The summed E-state index contributed by atoms with van der Waals surface area (Å²) in [5, 5.41) is 0. The highest BCUT2D eigenvalue weighted by Crippen LogP contribution is 2.32. The molecule has 4 rings (SSSR count). The molecular formula is C22H26N4O. The molecule has 0 amide bonds. The quantitative estimate of drug-likeness (QED) is 0.693. The van der Waals surface area contributed by atoms with Crippen molar-refractivity contribution in [2.75, 3.05) is 31.6 Å². The van der Waals surface area contributed by atoms with Crippen LogP contribution in [-0.4, -0.2) is 47.7 Å². The van der Waals surface area contributed by atoms with E-state index in [0.29, 0.717) is 0 Å². The summed E-state index contributed by atoms with van der Waals surface area (Å²) in [4.78, 5) is 14.2. The lowest BCUT2D eigenvalue weighted by Crippen LogP contribution is -2.45. The topological polar surface area (TPSA) is 41.5 Å². The molecule has 0 saturated heterocycles. The van der Waals surface area contributed by atoms with Crippen LogP contribution >= 0.6 is 0 Å². The predicted octanol–water partition coefficient (Wildman–Crippen LogP) is 3.66. The van der Waals surface area contributed by atoms with Crippen LogP contribution in [0.5, 0.6) is 5.75 Å². The number of anilines is 1. The molecule has 2 aromatic carbocycles. The zero-order valence-electron chi connectivity index (χ0n) is 16.2. The Bertz CT molecular complexity index is 942. The third kappa shape index (κ3) is 3.74. The van der Waals surface area contributed by atoms with Gasteiger partial charge in [-0.2, -0.15) is 0 Å². The van der Waals surface area contributed by atoms with Gasteiger partial charge in [-0.3, -0.25) is 4.90 Å². The van der Waals surface area contributed by atoms with Crippen molar-refractivity contribution in [1.29, 1.82) is 0 Å². The lowest BCUT2D eigenvalue weighted by atomic mass is 10.1. The first kappa shape index (κ1) is 17.7. The number of hydrogen-bond acceptors (Lipinski definition) is 5. The summed E-state index contributed by atoms with van der Waals surface area (Å²) in [6.07, 6.45) is 0.138. The number of rotatable bonds is 5. The van der Waals surface area contributed by atoms with E-state index in [1.165, 1.54) is 5.69 Å². The average molecular weight is 362 g/mol. The highest BCUT2D eigenvalue weighted by molar-refractivity contribution is 5.74. The van der Waals surface area contributed by atoms with Crippen LogP contribution in [0.3, 0.4) is 0 Å². The van der Waals surface area contributed by atoms with E-state index in [0.717, 1.165) is 54.3 Å². The highest BCUT2D eigenvalue weighted by atomic mass is 16.5. The Labute approximate surface area is 160 Å². The number of nitrogens with zero attached hydrogens (tertiary/aromatic N) is 4. The fraction of sp³-hybridized carbons (Fsp3) is 0.364. The fourth-order valence-electron chi connectivity index (χ4n) is 3.72. The second-order valence-corrected chi connectivity index (χ2v) is 7.19. The Kier molecular flexibility index (Phi) is 4.94. The van der Waals surface area contributed by atoms with E-state index in [9.17, 15) is 0 Å². The van der Waals surface area contributed by atoms with Gasteiger partial charge in [0.1, 0.15) is 11.9 Å². The Hall–Kier alpha value is -2.66. The molecule has 0 radical (unpaired) electrons. The number of aryl methyl sites for hydroxylation is 1. The van der Waals surface area contributed by atoms with Crippen molar-refractivity contribution < 1.29 is 4.74 Å². The minimum atomic E-state index is 0.138. The van der Waals surface area contributed by atoms with Crippen LogP contribution in [0.2, 0.25) is 0 Å². The van der Waals surface area contributed by atoms with Gasteiger partial charge in [-0.25, -0.2) is 9.97 Å². The van der Waals surface area contributed by atoms with Gasteiger partial charge in [-0.1, -0.05) is 24.3 Å². The summed E-state index contributed by atoms with van der Waals surface area (Å²) in [5.41, 5.74) is 5.11. The summed E-state index contributed by atoms with van der Waals surface area (Å²) in [6, 6.07) is 16.3. The van der Waals surface area contributed by atoms with Gasteiger partial charge in [-0.15, -0.1) is 0 Å². The number of hydrogen-bond donors (Lipinski definition) is 0. The largest absolute Gasteiger partial charge is 0.485 e. The van der Waals surface area contributed by atoms with Crippen LogP contribution < -0.4 is 9.64 Å². The van der Waals surface area contributed by atoms with Crippen molar-refractivity contribution >= 4 is 16.7 Å². The lowest BCUT2D eigenvalue weighted by molar-refractivity contribution is 0.139. The lowest BCUT2D eigenvalue weighted by Gasteiger charge is -2.37. The van der Waals surface area contributed by atoms with Gasteiger partial charge in [0.25, 0.3) is 0 Å². The zero-order valence-corrected chi connectivity index (χ0v) is 16.2. The minimum Gasteiger partial charge on any atom is -0.485 e. The number of benzene rings is 2. The van der Waals surface area contributed by atoms with E-state index >= 15 is 0 Å². The van der Waals surface area contributed by atoms with Gasteiger partial charge in [0.05, 0.1) is 34.7 Å². The molecule has 1 aliphatic heterocycles. The standard InChI is InChI=1S/C22H26N4O/c1-4-26-14-17(27-22-12-8-7-11-21(22)26)13-25(3)15-20-16(2)23-18-9-5-6-10-19(18)24-20/h5-12,17H,4,13-15H2,1-3H3/t17-/m0/s1. The average Bonchev–Trinajstić information content (AvgIpc) is 2.68. The molecule has 0 N–H and O–H groups in total. The fourth-order valence-corrected chi connectivity index (χ4v) is 3.72. The summed E-state index contributed by atoms with van der Waals surface area (Å²) in [6.45, 7) is 7.72. The molecular weight excluding hydrogens is 336 g/mol. The molecule has 2 heterocycles. The summed E-state index contributed by atoms with van der Waals surface area (Å²) in [7, 11) is 2.12. The van der Waals surface area contributed by atoms with Gasteiger partial charge in [-0.05, 0) is 45.2 Å². The second-order valence-electron chi connectivity index (χ2n) is 7.19. The Morgan fingerprint density at radius 1 is 1.07 bits per heavy atom. The van der Waals surface area contributed by atoms with Crippen LogP contribution in [0.25, 0.3) is 11.0 Å². The maximum atomic E-state index is 6.25. The molecule has 1 aromatic heterocycles. The minimum absolute atomic E-state index is 0.138. The van der Waals surface area contributed by atoms with E-state index in [-0.39, 0.29) is 6.10 Å². The molecule has 5 nitrogen and oxygen atoms in total. The highest BCUT2D eigenvalue weighted by Gasteiger charge is 2.25. The van der Waals surface area contributed by atoms with Crippen LogP contribution in [0.4, 0.5) is 5.69 Å². The molecule has 0 fully saturated rings. The zero-order chi connectivity index (χ0) is 18.8. The van der Waals surface area contributed by atoms with Gasteiger partial charge in [0, 0.05) is 19.6 Å². The molecule has 0 aliphatic carbocycles. The van der Waals surface area contributed by atoms with E-state index in [2.05, 4.69) is 42.0 Å². The molecule has 0 bridgehead atoms. The molecule has 0 unspecified atom stereocenters. The number of ether oxygens (including phenoxy) is 1. The molecule has 1 aliphatic rings. The van der Waals surface area contributed by atoms with Crippen LogP contribution in [-0.2, 0) is 6.54 Å². The van der Waals surface area contributed by atoms with Gasteiger partial charge in [0.15, 0.2) is 0 Å². The normalized spacial score (nSPS) is 16.4. The van der Waals surface area contributed by atoms with E-state index in [4.69, 9.17) is 14.7 Å². The number of likely N-dealkylation sites (N-methyl/N-ethyl adjacent to an activating group) is 2. The third-order valence-corrected chi connectivity index (χ3v) is 5.08. The van der Waals surface area contributed by atoms with Crippen molar-refractivity contribution in [3.8, 4) is 5.75 Å². The maximum Gasteiger partial charge on any atom is 0.143 e. The van der Waals surface area contributed by atoms with Crippen molar-refractivity contribution in [2.24, 2.45) is 0 Å². The second kappa shape index (κ2) is 7.53. The van der Waals surface area contributed by atoms with E-state index in [1.54, 1.807) is 0 Å². The first-order valence-corrected chi connectivity index (χ1v) is 9.55. The summed E-state index contributed by atoms with van der Waals surface area (Å²) < 4.78 is 6.25.